The van der Waals surface area contributed by atoms with Gasteiger partial charge in [0.05, 0.1) is 19.8 Å². The predicted octanol–water partition coefficient (Wildman–Crippen LogP) is 4.76. The van der Waals surface area contributed by atoms with Gasteiger partial charge in [-0.25, -0.2) is 4.99 Å². The number of methoxy groups -OCH3 is 2. The van der Waals surface area contributed by atoms with Gasteiger partial charge in [-0.2, -0.15) is 0 Å². The molecule has 0 radical (unpaired) electrons. The van der Waals surface area contributed by atoms with Crippen LogP contribution < -0.4 is 20.1 Å². The minimum Gasteiger partial charge on any atom is -0.497 e. The van der Waals surface area contributed by atoms with Crippen LogP contribution in [0.15, 0.2) is 64.8 Å². The van der Waals surface area contributed by atoms with Crippen molar-refractivity contribution >= 4 is 28.5 Å². The molecule has 1 atom stereocenters. The molecule has 0 aromatic heterocycles. The van der Waals surface area contributed by atoms with E-state index in [-0.39, 0.29) is 5.91 Å². The summed E-state index contributed by atoms with van der Waals surface area (Å²) in [5.41, 5.74) is 2.88. The van der Waals surface area contributed by atoms with Gasteiger partial charge in [0.15, 0.2) is 5.17 Å². The van der Waals surface area contributed by atoms with Gasteiger partial charge in [-0.3, -0.25) is 4.79 Å². The Morgan fingerprint density at radius 1 is 1.17 bits per heavy atom. The Morgan fingerprint density at radius 2 is 1.93 bits per heavy atom. The van der Waals surface area contributed by atoms with Crippen molar-refractivity contribution in [3.8, 4) is 11.5 Å². The average Bonchev–Trinajstić information content (AvgIpc) is 2.77. The smallest absolute Gasteiger partial charge is 0.255 e. The summed E-state index contributed by atoms with van der Waals surface area (Å²) in [7, 11) is 3.22. The first-order valence-electron chi connectivity index (χ1n) is 9.84. The van der Waals surface area contributed by atoms with Gasteiger partial charge < -0.3 is 20.1 Å². The highest BCUT2D eigenvalue weighted by atomic mass is 32.2. The van der Waals surface area contributed by atoms with Crippen LogP contribution in [-0.4, -0.2) is 31.0 Å². The lowest BCUT2D eigenvalue weighted by Gasteiger charge is -2.27. The minimum atomic E-state index is -0.491. The normalized spacial score (nSPS) is 15.9. The molecule has 2 N–H and O–H groups in total. The van der Waals surface area contributed by atoms with Crippen molar-refractivity contribution in [1.29, 1.82) is 0 Å². The number of carbonyl (C=O) groups excluding carboxylic acids is 1. The highest BCUT2D eigenvalue weighted by Crippen LogP contribution is 2.39. The van der Waals surface area contributed by atoms with Crippen molar-refractivity contribution in [1.82, 2.24) is 5.32 Å². The molecule has 1 amide bonds. The zero-order valence-electron chi connectivity index (χ0n) is 17.7. The molecule has 0 bridgehead atoms. The quantitative estimate of drug-likeness (QED) is 0.669. The number of anilines is 1. The maximum Gasteiger partial charge on any atom is 0.255 e. The zero-order chi connectivity index (χ0) is 21.5. The van der Waals surface area contributed by atoms with E-state index in [1.165, 1.54) is 0 Å². The second-order valence-electron chi connectivity index (χ2n) is 6.78. The minimum absolute atomic E-state index is 0.197. The van der Waals surface area contributed by atoms with E-state index < -0.39 is 6.04 Å². The van der Waals surface area contributed by atoms with Gasteiger partial charge in [0.1, 0.15) is 17.5 Å². The van der Waals surface area contributed by atoms with E-state index >= 15 is 0 Å². The topological polar surface area (TPSA) is 72.0 Å². The molecule has 1 heterocycles. The summed E-state index contributed by atoms with van der Waals surface area (Å²) in [5.74, 6) is 2.06. The van der Waals surface area contributed by atoms with Crippen molar-refractivity contribution in [3.63, 3.8) is 0 Å². The van der Waals surface area contributed by atoms with Crippen LogP contribution in [0.1, 0.15) is 31.9 Å². The first-order chi connectivity index (χ1) is 14.6. The van der Waals surface area contributed by atoms with Crippen LogP contribution in [0.2, 0.25) is 0 Å². The molecule has 158 valence electrons. The number of allylic oxidation sites excluding steroid dienone is 1. The van der Waals surface area contributed by atoms with E-state index in [2.05, 4.69) is 17.6 Å². The Kier molecular flexibility index (Phi) is 7.41. The lowest BCUT2D eigenvalue weighted by Crippen LogP contribution is -2.32. The lowest BCUT2D eigenvalue weighted by atomic mass is 9.95. The van der Waals surface area contributed by atoms with E-state index in [1.54, 1.807) is 26.0 Å². The fourth-order valence-electron chi connectivity index (χ4n) is 3.20. The number of ether oxygens (including phenoxy) is 2. The molecule has 0 saturated carbocycles. The van der Waals surface area contributed by atoms with Crippen LogP contribution in [0.5, 0.6) is 11.5 Å². The van der Waals surface area contributed by atoms with Crippen LogP contribution in [0.25, 0.3) is 0 Å². The fraction of sp³-hybridized carbons (Fsp3) is 0.304. The number of nitrogens with one attached hydrogen (secondary N) is 2. The largest absolute Gasteiger partial charge is 0.497 e. The summed E-state index contributed by atoms with van der Waals surface area (Å²) in [4.78, 5) is 18.1. The van der Waals surface area contributed by atoms with Crippen molar-refractivity contribution in [2.75, 3.05) is 25.3 Å². The SMILES string of the molecule is CCCSC1=N[C@@H](c2ccc(OC)cc2OC)C(C(=O)Nc2ccccc2)=C(C)N1. The molecule has 0 aliphatic carbocycles. The number of amides is 1. The molecule has 0 spiro atoms. The van der Waals surface area contributed by atoms with E-state index in [1.807, 2.05) is 55.5 Å². The average molecular weight is 426 g/mol. The van der Waals surface area contributed by atoms with Crippen LogP contribution in [0, 0.1) is 0 Å². The Balaban J connectivity index is 2.02. The number of aliphatic imine (C=N–C) groups is 1. The number of thioether (sulfide) groups is 1. The number of benzene rings is 2. The number of hydrogen-bond acceptors (Lipinski definition) is 6. The second kappa shape index (κ2) is 10.2. The zero-order valence-corrected chi connectivity index (χ0v) is 18.5. The summed E-state index contributed by atoms with van der Waals surface area (Å²) >= 11 is 1.65. The van der Waals surface area contributed by atoms with Gasteiger partial charge in [-0.15, -0.1) is 0 Å². The maximum absolute atomic E-state index is 13.3. The summed E-state index contributed by atoms with van der Waals surface area (Å²) in [6, 6.07) is 14.5. The van der Waals surface area contributed by atoms with Gasteiger partial charge in [-0.1, -0.05) is 36.9 Å². The molecule has 7 heteroatoms. The Labute approximate surface area is 181 Å². The number of rotatable bonds is 7. The standard InChI is InChI=1S/C23H27N3O3S/c1-5-13-30-23-24-15(2)20(22(27)25-16-9-7-6-8-10-16)21(26-23)18-12-11-17(28-3)14-19(18)29-4/h6-12,14,21H,5,13H2,1-4H3,(H,24,26)(H,25,27)/t21-/m0/s1. The molecule has 1 aliphatic rings. The lowest BCUT2D eigenvalue weighted by molar-refractivity contribution is -0.113. The monoisotopic (exact) mass is 425 g/mol. The fourth-order valence-corrected chi connectivity index (χ4v) is 4.01. The number of carbonyl (C=O) groups is 1. The van der Waals surface area contributed by atoms with Crippen LogP contribution in [0.3, 0.4) is 0 Å². The summed E-state index contributed by atoms with van der Waals surface area (Å²) in [5, 5.41) is 7.07. The molecule has 1 aliphatic heterocycles. The van der Waals surface area contributed by atoms with E-state index in [4.69, 9.17) is 14.5 Å². The molecule has 0 unspecified atom stereocenters. The van der Waals surface area contributed by atoms with Gasteiger partial charge in [0.2, 0.25) is 0 Å². The van der Waals surface area contributed by atoms with Gasteiger partial charge in [-0.05, 0) is 37.6 Å². The van der Waals surface area contributed by atoms with Crippen LogP contribution in [-0.2, 0) is 4.79 Å². The summed E-state index contributed by atoms with van der Waals surface area (Å²) < 4.78 is 10.9. The molecule has 0 saturated heterocycles. The summed E-state index contributed by atoms with van der Waals surface area (Å²) in [6.45, 7) is 4.03. The highest BCUT2D eigenvalue weighted by Gasteiger charge is 2.31. The van der Waals surface area contributed by atoms with Crippen molar-refractivity contribution in [2.24, 2.45) is 4.99 Å². The molecular weight excluding hydrogens is 398 g/mol. The van der Waals surface area contributed by atoms with Gasteiger partial charge >= 0.3 is 0 Å². The van der Waals surface area contributed by atoms with Crippen LogP contribution in [0.4, 0.5) is 5.69 Å². The van der Waals surface area contributed by atoms with Crippen molar-refractivity contribution < 1.29 is 14.3 Å². The Hall–Kier alpha value is -2.93. The van der Waals surface area contributed by atoms with Gasteiger partial charge in [0.25, 0.3) is 5.91 Å². The second-order valence-corrected chi connectivity index (χ2v) is 7.86. The van der Waals surface area contributed by atoms with Gasteiger partial charge in [0, 0.05) is 28.8 Å². The molecular formula is C23H27N3O3S. The molecule has 2 aromatic rings. The molecule has 30 heavy (non-hydrogen) atoms. The third kappa shape index (κ3) is 4.97. The maximum atomic E-state index is 13.3. The van der Waals surface area contributed by atoms with Crippen molar-refractivity contribution in [3.05, 3.63) is 65.4 Å². The molecule has 2 aromatic carbocycles. The third-order valence-corrected chi connectivity index (χ3v) is 5.77. The number of para-hydroxylation sites is 1. The van der Waals surface area contributed by atoms with E-state index in [0.717, 1.165) is 34.3 Å². The van der Waals surface area contributed by atoms with E-state index in [0.29, 0.717) is 17.1 Å². The number of amidine groups is 1. The first kappa shape index (κ1) is 21.8. The molecule has 6 nitrogen and oxygen atoms in total. The molecule has 0 fully saturated rings. The van der Waals surface area contributed by atoms with Crippen LogP contribution >= 0.6 is 11.8 Å². The predicted molar refractivity (Wildman–Crippen MR) is 123 cm³/mol. The summed E-state index contributed by atoms with van der Waals surface area (Å²) in [6.07, 6.45) is 1.03. The molecule has 3 rings (SSSR count). The third-order valence-electron chi connectivity index (χ3n) is 4.67. The Morgan fingerprint density at radius 3 is 2.60 bits per heavy atom. The first-order valence-corrected chi connectivity index (χ1v) is 10.8. The number of nitrogens with zero attached hydrogens (tertiary/aromatic N) is 1. The Bertz CT molecular complexity index is 957. The number of hydrogen-bond donors (Lipinski definition) is 2. The van der Waals surface area contributed by atoms with Crippen molar-refractivity contribution in [2.45, 2.75) is 26.3 Å². The van der Waals surface area contributed by atoms with E-state index in [9.17, 15) is 4.79 Å². The highest BCUT2D eigenvalue weighted by molar-refractivity contribution is 8.13.